The van der Waals surface area contributed by atoms with Gasteiger partial charge in [0.1, 0.15) is 5.82 Å². The van der Waals surface area contributed by atoms with Gasteiger partial charge < -0.3 is 15.7 Å². The second-order valence-corrected chi connectivity index (χ2v) is 4.34. The molecule has 21 heavy (non-hydrogen) atoms. The second kappa shape index (κ2) is 6.67. The first kappa shape index (κ1) is 14.7. The van der Waals surface area contributed by atoms with Gasteiger partial charge in [-0.3, -0.25) is 14.3 Å². The molecule has 7 heteroatoms. The average molecular weight is 288 g/mol. The van der Waals surface area contributed by atoms with E-state index < -0.39 is 5.91 Å². The first-order chi connectivity index (χ1) is 10.1. The lowest BCUT2D eigenvalue weighted by Crippen LogP contribution is -2.26. The molecule has 1 aromatic heterocycles. The largest absolute Gasteiger partial charge is 0.395 e. The molecule has 2 rings (SSSR count). The van der Waals surface area contributed by atoms with Crippen molar-refractivity contribution in [2.75, 3.05) is 18.5 Å². The van der Waals surface area contributed by atoms with Crippen LogP contribution in [0.1, 0.15) is 20.8 Å². The number of aromatic nitrogens is 2. The van der Waals surface area contributed by atoms with Crippen molar-refractivity contribution in [1.82, 2.24) is 15.1 Å². The van der Waals surface area contributed by atoms with E-state index in [4.69, 9.17) is 5.11 Å². The van der Waals surface area contributed by atoms with Crippen LogP contribution in [0.4, 0.5) is 5.82 Å². The number of aliphatic hydroxyl groups excluding tert-OH is 1. The number of nitrogens with one attached hydrogen (secondary N) is 2. The molecule has 0 aliphatic rings. The third kappa shape index (κ3) is 3.67. The Bertz CT molecular complexity index is 637. The molecule has 0 spiro atoms. The lowest BCUT2D eigenvalue weighted by Gasteiger charge is -2.04. The van der Waals surface area contributed by atoms with Gasteiger partial charge in [0.15, 0.2) is 5.69 Å². The van der Waals surface area contributed by atoms with E-state index in [-0.39, 0.29) is 24.8 Å². The summed E-state index contributed by atoms with van der Waals surface area (Å²) in [5.74, 6) is -0.265. The maximum Gasteiger partial charge on any atom is 0.271 e. The molecule has 0 aliphatic heterocycles. The number of benzene rings is 1. The minimum atomic E-state index is -0.403. The minimum absolute atomic E-state index is 0.143. The van der Waals surface area contributed by atoms with Gasteiger partial charge in [0.2, 0.25) is 0 Å². The van der Waals surface area contributed by atoms with Gasteiger partial charge in [0.05, 0.1) is 6.61 Å². The number of nitrogens with zero attached hydrogens (tertiary/aromatic N) is 2. The predicted molar refractivity (Wildman–Crippen MR) is 77.0 cm³/mol. The van der Waals surface area contributed by atoms with E-state index in [0.717, 1.165) is 0 Å². The summed E-state index contributed by atoms with van der Waals surface area (Å²) < 4.78 is 1.41. The Morgan fingerprint density at radius 1 is 1.24 bits per heavy atom. The summed E-state index contributed by atoms with van der Waals surface area (Å²) in [5.41, 5.74) is 0.694. The summed E-state index contributed by atoms with van der Waals surface area (Å²) in [6.45, 7) is 0.0112. The molecular formula is C14H16N4O3. The van der Waals surface area contributed by atoms with Gasteiger partial charge in [0.25, 0.3) is 11.8 Å². The van der Waals surface area contributed by atoms with Crippen LogP contribution in [0.15, 0.2) is 36.4 Å². The van der Waals surface area contributed by atoms with E-state index in [0.29, 0.717) is 11.4 Å². The number of amides is 2. The number of aliphatic hydroxyl groups is 1. The van der Waals surface area contributed by atoms with Crippen LogP contribution in [-0.4, -0.2) is 39.9 Å². The maximum atomic E-state index is 12.0. The Balaban J connectivity index is 2.09. The summed E-state index contributed by atoms with van der Waals surface area (Å²) in [7, 11) is 1.63. The predicted octanol–water partition coefficient (Wildman–Crippen LogP) is 0.394. The lowest BCUT2D eigenvalue weighted by atomic mass is 10.2. The first-order valence-electron chi connectivity index (χ1n) is 6.41. The summed E-state index contributed by atoms with van der Waals surface area (Å²) in [5, 5.41) is 17.9. The van der Waals surface area contributed by atoms with E-state index in [1.165, 1.54) is 10.7 Å². The van der Waals surface area contributed by atoms with Crippen LogP contribution >= 0.6 is 0 Å². The number of carbonyl (C=O) groups excluding carboxylic acids is 2. The van der Waals surface area contributed by atoms with Crippen molar-refractivity contribution in [3.05, 3.63) is 47.7 Å². The summed E-state index contributed by atoms with van der Waals surface area (Å²) in [6.07, 6.45) is 0. The van der Waals surface area contributed by atoms with Gasteiger partial charge in [-0.1, -0.05) is 18.2 Å². The zero-order valence-electron chi connectivity index (χ0n) is 11.5. The monoisotopic (exact) mass is 288 g/mol. The molecule has 0 saturated heterocycles. The highest BCUT2D eigenvalue weighted by molar-refractivity contribution is 6.04. The van der Waals surface area contributed by atoms with Crippen LogP contribution < -0.4 is 10.6 Å². The maximum absolute atomic E-state index is 12.0. The molecular weight excluding hydrogens is 272 g/mol. The molecule has 7 nitrogen and oxygen atoms in total. The number of rotatable bonds is 5. The van der Waals surface area contributed by atoms with Crippen molar-refractivity contribution in [3.8, 4) is 0 Å². The highest BCUT2D eigenvalue weighted by Crippen LogP contribution is 2.11. The fourth-order valence-electron chi connectivity index (χ4n) is 1.73. The minimum Gasteiger partial charge on any atom is -0.395 e. The molecule has 0 radical (unpaired) electrons. The normalized spacial score (nSPS) is 10.2. The topological polar surface area (TPSA) is 96.2 Å². The first-order valence-corrected chi connectivity index (χ1v) is 6.41. The van der Waals surface area contributed by atoms with Gasteiger partial charge >= 0.3 is 0 Å². The average Bonchev–Trinajstić information content (AvgIpc) is 2.87. The van der Waals surface area contributed by atoms with Crippen LogP contribution in [0.25, 0.3) is 0 Å². The molecule has 110 valence electrons. The molecule has 1 heterocycles. The molecule has 2 amide bonds. The van der Waals surface area contributed by atoms with E-state index in [1.54, 1.807) is 31.3 Å². The van der Waals surface area contributed by atoms with Crippen LogP contribution in [0.5, 0.6) is 0 Å². The number of hydrogen-bond donors (Lipinski definition) is 3. The molecule has 0 saturated carbocycles. The molecule has 0 bridgehead atoms. The van der Waals surface area contributed by atoms with E-state index >= 15 is 0 Å². The highest BCUT2D eigenvalue weighted by Gasteiger charge is 2.14. The van der Waals surface area contributed by atoms with Gasteiger partial charge in [0, 0.05) is 25.2 Å². The van der Waals surface area contributed by atoms with Crippen molar-refractivity contribution in [2.24, 2.45) is 7.05 Å². The van der Waals surface area contributed by atoms with E-state index in [1.807, 2.05) is 6.07 Å². The Kier molecular flexibility index (Phi) is 4.68. The molecule has 0 fully saturated rings. The Morgan fingerprint density at radius 3 is 2.62 bits per heavy atom. The fourth-order valence-corrected chi connectivity index (χ4v) is 1.73. The number of anilines is 1. The third-order valence-electron chi connectivity index (χ3n) is 2.79. The lowest BCUT2D eigenvalue weighted by molar-refractivity contribution is 0.0938. The van der Waals surface area contributed by atoms with Crippen LogP contribution in [0, 0.1) is 0 Å². The van der Waals surface area contributed by atoms with E-state index in [2.05, 4.69) is 15.7 Å². The van der Waals surface area contributed by atoms with Gasteiger partial charge in [-0.15, -0.1) is 0 Å². The van der Waals surface area contributed by atoms with Crippen molar-refractivity contribution in [3.63, 3.8) is 0 Å². The zero-order valence-corrected chi connectivity index (χ0v) is 11.5. The zero-order chi connectivity index (χ0) is 15.2. The third-order valence-corrected chi connectivity index (χ3v) is 2.79. The van der Waals surface area contributed by atoms with Gasteiger partial charge in [-0.05, 0) is 12.1 Å². The van der Waals surface area contributed by atoms with E-state index in [9.17, 15) is 9.59 Å². The molecule has 1 aromatic carbocycles. The molecule has 0 unspecified atom stereocenters. The summed E-state index contributed by atoms with van der Waals surface area (Å²) >= 11 is 0. The SMILES string of the molecule is Cn1nc(C(=O)NCCO)cc1NC(=O)c1ccccc1. The fraction of sp³-hybridized carbons (Fsp3) is 0.214. The van der Waals surface area contributed by atoms with Crippen LogP contribution in [0.2, 0.25) is 0 Å². The summed E-state index contributed by atoms with van der Waals surface area (Å²) in [4.78, 5) is 23.7. The Morgan fingerprint density at radius 2 is 1.95 bits per heavy atom. The van der Waals surface area contributed by atoms with Gasteiger partial charge in [-0.25, -0.2) is 0 Å². The van der Waals surface area contributed by atoms with Gasteiger partial charge in [-0.2, -0.15) is 5.10 Å². The second-order valence-electron chi connectivity index (χ2n) is 4.34. The molecule has 0 aliphatic carbocycles. The number of carbonyl (C=O) groups is 2. The summed E-state index contributed by atoms with van der Waals surface area (Å²) in [6, 6.07) is 10.2. The van der Waals surface area contributed by atoms with Crippen LogP contribution in [-0.2, 0) is 7.05 Å². The standard InChI is InChI=1S/C14H16N4O3/c1-18-12(9-11(17-18)14(21)15-7-8-19)16-13(20)10-5-3-2-4-6-10/h2-6,9,19H,7-8H2,1H3,(H,15,21)(H,16,20). The quantitative estimate of drug-likeness (QED) is 0.741. The van der Waals surface area contributed by atoms with Crippen molar-refractivity contribution in [2.45, 2.75) is 0 Å². The number of hydrogen-bond acceptors (Lipinski definition) is 4. The molecule has 3 N–H and O–H groups in total. The van der Waals surface area contributed by atoms with Crippen molar-refractivity contribution < 1.29 is 14.7 Å². The number of aryl methyl sites for hydroxylation is 1. The molecule has 2 aromatic rings. The Labute approximate surface area is 121 Å². The smallest absolute Gasteiger partial charge is 0.271 e. The Hall–Kier alpha value is -2.67. The highest BCUT2D eigenvalue weighted by atomic mass is 16.3. The molecule has 0 atom stereocenters. The van der Waals surface area contributed by atoms with Crippen molar-refractivity contribution >= 4 is 17.6 Å². The van der Waals surface area contributed by atoms with Crippen molar-refractivity contribution in [1.29, 1.82) is 0 Å². The van der Waals surface area contributed by atoms with Crippen LogP contribution in [0.3, 0.4) is 0 Å².